The fourth-order valence-corrected chi connectivity index (χ4v) is 1.91. The number of aliphatic carboxylic acids is 1. The highest BCUT2D eigenvalue weighted by Gasteiger charge is 2.29. The summed E-state index contributed by atoms with van der Waals surface area (Å²) in [5.41, 5.74) is -1.03. The fraction of sp³-hybridized carbons (Fsp3) is 0.833. The smallest absolute Gasteiger partial charge is 0.329 e. The summed E-state index contributed by atoms with van der Waals surface area (Å²) in [6, 6.07) is 0. The molecule has 0 fully saturated rings. The van der Waals surface area contributed by atoms with Crippen molar-refractivity contribution in [1.29, 1.82) is 0 Å². The van der Waals surface area contributed by atoms with E-state index in [-0.39, 0.29) is 6.42 Å². The Hall–Kier alpha value is -0.380. The molecule has 0 radical (unpaired) electrons. The first-order valence-electron chi connectivity index (χ1n) is 3.65. The maximum atomic E-state index is 10.7. The number of hydrogen-bond donors (Lipinski definition) is 3. The van der Waals surface area contributed by atoms with Gasteiger partial charge < -0.3 is 14.9 Å². The van der Waals surface area contributed by atoms with Gasteiger partial charge in [-0.1, -0.05) is 13.3 Å². The van der Waals surface area contributed by atoms with Gasteiger partial charge in [-0.15, -0.1) is 0 Å². The molecular formula is C6H13O5P. The van der Waals surface area contributed by atoms with E-state index in [0.717, 1.165) is 0 Å². The van der Waals surface area contributed by atoms with Gasteiger partial charge in [0.15, 0.2) is 0 Å². The Labute approximate surface area is 70.6 Å². The van der Waals surface area contributed by atoms with E-state index in [1.165, 1.54) is 0 Å². The van der Waals surface area contributed by atoms with Crippen molar-refractivity contribution in [2.45, 2.75) is 31.8 Å². The monoisotopic (exact) mass is 196 g/mol. The Bertz CT molecular complexity index is 196. The summed E-state index contributed by atoms with van der Waals surface area (Å²) in [7, 11) is -4.23. The van der Waals surface area contributed by atoms with Gasteiger partial charge in [-0.05, 0) is 6.42 Å². The van der Waals surface area contributed by atoms with Crippen LogP contribution < -0.4 is 0 Å². The van der Waals surface area contributed by atoms with Crippen LogP contribution in [0.5, 0.6) is 0 Å². The second-order valence-electron chi connectivity index (χ2n) is 2.63. The van der Waals surface area contributed by atoms with E-state index in [9.17, 15) is 9.36 Å². The molecule has 0 spiro atoms. The van der Waals surface area contributed by atoms with Gasteiger partial charge in [-0.2, -0.15) is 0 Å². The predicted octanol–water partition coefficient (Wildman–Crippen LogP) is 0.807. The SMILES string of the molecule is CCCC(CC(=O)O)P(=O)(O)O. The largest absolute Gasteiger partial charge is 0.481 e. The van der Waals surface area contributed by atoms with Gasteiger partial charge in [0.1, 0.15) is 0 Å². The molecule has 0 amide bonds. The van der Waals surface area contributed by atoms with Crippen molar-refractivity contribution < 1.29 is 24.3 Å². The third kappa shape index (κ3) is 4.49. The van der Waals surface area contributed by atoms with E-state index < -0.39 is 25.6 Å². The molecule has 0 rings (SSSR count). The summed E-state index contributed by atoms with van der Waals surface area (Å²) in [5.74, 6) is -1.17. The average Bonchev–Trinajstić information content (AvgIpc) is 1.83. The summed E-state index contributed by atoms with van der Waals surface area (Å²) in [6.07, 6.45) is 0.359. The van der Waals surface area contributed by atoms with E-state index >= 15 is 0 Å². The summed E-state index contributed by atoms with van der Waals surface area (Å²) in [6.45, 7) is 1.75. The molecule has 0 aliphatic carbocycles. The molecule has 6 heteroatoms. The van der Waals surface area contributed by atoms with Crippen LogP contribution in [0.4, 0.5) is 0 Å². The van der Waals surface area contributed by atoms with Crippen LogP contribution in [-0.4, -0.2) is 26.5 Å². The fourth-order valence-electron chi connectivity index (χ4n) is 0.924. The molecule has 0 aromatic rings. The highest BCUT2D eigenvalue weighted by Crippen LogP contribution is 2.45. The van der Waals surface area contributed by atoms with Crippen LogP contribution in [0, 0.1) is 0 Å². The van der Waals surface area contributed by atoms with E-state index in [1.807, 2.05) is 0 Å². The number of carboxylic acids is 1. The van der Waals surface area contributed by atoms with Crippen molar-refractivity contribution in [1.82, 2.24) is 0 Å². The first-order chi connectivity index (χ1) is 5.38. The quantitative estimate of drug-likeness (QED) is 0.565. The van der Waals surface area contributed by atoms with Crippen molar-refractivity contribution in [3.8, 4) is 0 Å². The van der Waals surface area contributed by atoms with Gasteiger partial charge in [-0.25, -0.2) is 0 Å². The first kappa shape index (κ1) is 11.6. The van der Waals surface area contributed by atoms with Crippen LogP contribution in [0.3, 0.4) is 0 Å². The van der Waals surface area contributed by atoms with Crippen molar-refractivity contribution in [2.75, 3.05) is 0 Å². The van der Waals surface area contributed by atoms with Gasteiger partial charge in [0.2, 0.25) is 0 Å². The molecule has 0 bridgehead atoms. The average molecular weight is 196 g/mol. The van der Waals surface area contributed by atoms with Gasteiger partial charge in [0.25, 0.3) is 0 Å². The molecule has 0 aromatic heterocycles. The molecule has 12 heavy (non-hydrogen) atoms. The van der Waals surface area contributed by atoms with Crippen molar-refractivity contribution in [3.63, 3.8) is 0 Å². The Balaban J connectivity index is 4.24. The van der Waals surface area contributed by atoms with Crippen LogP contribution in [-0.2, 0) is 9.36 Å². The van der Waals surface area contributed by atoms with Crippen LogP contribution in [0.2, 0.25) is 0 Å². The molecule has 72 valence electrons. The highest BCUT2D eigenvalue weighted by molar-refractivity contribution is 7.52. The van der Waals surface area contributed by atoms with Crippen LogP contribution in [0.15, 0.2) is 0 Å². The zero-order valence-electron chi connectivity index (χ0n) is 6.80. The molecule has 0 saturated carbocycles. The lowest BCUT2D eigenvalue weighted by atomic mass is 10.2. The van der Waals surface area contributed by atoms with E-state index in [0.29, 0.717) is 6.42 Å². The van der Waals surface area contributed by atoms with Gasteiger partial charge in [0, 0.05) is 0 Å². The minimum Gasteiger partial charge on any atom is -0.481 e. The summed E-state index contributed by atoms with van der Waals surface area (Å²) in [4.78, 5) is 27.6. The standard InChI is InChI=1S/C6H13O5P/c1-2-3-5(4-6(7)8)12(9,10)11/h5H,2-4H2,1H3,(H,7,8)(H2,9,10,11). The molecule has 0 aliphatic heterocycles. The molecule has 1 unspecified atom stereocenters. The molecule has 1 atom stereocenters. The minimum atomic E-state index is -4.23. The third-order valence-corrected chi connectivity index (χ3v) is 2.90. The lowest BCUT2D eigenvalue weighted by Gasteiger charge is -2.14. The van der Waals surface area contributed by atoms with Crippen molar-refractivity contribution >= 4 is 13.6 Å². The number of carbonyl (C=O) groups is 1. The second kappa shape index (κ2) is 4.60. The van der Waals surface area contributed by atoms with Gasteiger partial charge in [-0.3, -0.25) is 9.36 Å². The Morgan fingerprint density at radius 2 is 2.00 bits per heavy atom. The van der Waals surface area contributed by atoms with Gasteiger partial charge >= 0.3 is 13.6 Å². The number of hydrogen-bond acceptors (Lipinski definition) is 2. The highest BCUT2D eigenvalue weighted by atomic mass is 31.2. The van der Waals surface area contributed by atoms with E-state index in [4.69, 9.17) is 14.9 Å². The minimum absolute atomic E-state index is 0.247. The lowest BCUT2D eigenvalue weighted by Crippen LogP contribution is -2.13. The number of rotatable bonds is 5. The third-order valence-electron chi connectivity index (χ3n) is 1.51. The normalized spacial score (nSPS) is 14.2. The summed E-state index contributed by atoms with van der Waals surface area (Å²) in [5, 5.41) is 8.33. The zero-order valence-corrected chi connectivity index (χ0v) is 7.70. The van der Waals surface area contributed by atoms with Crippen LogP contribution in [0.25, 0.3) is 0 Å². The van der Waals surface area contributed by atoms with Crippen LogP contribution in [0.1, 0.15) is 26.2 Å². The predicted molar refractivity (Wildman–Crippen MR) is 43.0 cm³/mol. The Kier molecular flexibility index (Phi) is 4.45. The Morgan fingerprint density at radius 1 is 1.50 bits per heavy atom. The molecule has 5 nitrogen and oxygen atoms in total. The molecule has 0 aromatic carbocycles. The maximum absolute atomic E-state index is 10.7. The van der Waals surface area contributed by atoms with E-state index in [2.05, 4.69) is 0 Å². The maximum Gasteiger partial charge on any atom is 0.329 e. The molecule has 3 N–H and O–H groups in total. The number of carboxylic acid groups (broad SMARTS) is 1. The molecule has 0 saturated heterocycles. The molecule has 0 heterocycles. The lowest BCUT2D eigenvalue weighted by molar-refractivity contribution is -0.137. The van der Waals surface area contributed by atoms with Crippen molar-refractivity contribution in [2.24, 2.45) is 0 Å². The first-order valence-corrected chi connectivity index (χ1v) is 5.33. The Morgan fingerprint density at radius 3 is 2.25 bits per heavy atom. The summed E-state index contributed by atoms with van der Waals surface area (Å²) < 4.78 is 10.7. The molecular weight excluding hydrogens is 183 g/mol. The van der Waals surface area contributed by atoms with E-state index in [1.54, 1.807) is 6.92 Å². The second-order valence-corrected chi connectivity index (χ2v) is 4.54. The molecule has 0 aliphatic rings. The summed E-state index contributed by atoms with van der Waals surface area (Å²) >= 11 is 0. The zero-order chi connectivity index (χ0) is 9.78. The van der Waals surface area contributed by atoms with Crippen molar-refractivity contribution in [3.05, 3.63) is 0 Å². The topological polar surface area (TPSA) is 94.8 Å². The van der Waals surface area contributed by atoms with Gasteiger partial charge in [0.05, 0.1) is 12.1 Å². The van der Waals surface area contributed by atoms with Crippen LogP contribution >= 0.6 is 7.60 Å².